The normalized spacial score (nSPS) is 12.6. The Morgan fingerprint density at radius 2 is 1.65 bits per heavy atom. The van der Waals surface area contributed by atoms with Crippen molar-refractivity contribution in [3.63, 3.8) is 0 Å². The van der Waals surface area contributed by atoms with Crippen molar-refractivity contribution >= 4 is 33.4 Å². The maximum absolute atomic E-state index is 13.2. The van der Waals surface area contributed by atoms with Crippen LogP contribution in [0.2, 0.25) is 0 Å². The standard InChI is InChI=1S/C17H13FIN/c18-12-8-9-15(16(19)10-12)17(20)14-7-3-5-11-4-1-2-6-13(11)14/h1-10,17H,20H2. The van der Waals surface area contributed by atoms with Crippen molar-refractivity contribution in [3.05, 3.63) is 81.2 Å². The van der Waals surface area contributed by atoms with Crippen LogP contribution in [0.15, 0.2) is 60.7 Å². The number of halogens is 2. The molecule has 0 spiro atoms. The van der Waals surface area contributed by atoms with Crippen LogP contribution in [-0.2, 0) is 0 Å². The van der Waals surface area contributed by atoms with Crippen molar-refractivity contribution in [3.8, 4) is 0 Å². The fraction of sp³-hybridized carbons (Fsp3) is 0.0588. The van der Waals surface area contributed by atoms with Crippen LogP contribution < -0.4 is 5.73 Å². The van der Waals surface area contributed by atoms with Gasteiger partial charge in [0, 0.05) is 3.57 Å². The highest BCUT2D eigenvalue weighted by Crippen LogP contribution is 2.29. The van der Waals surface area contributed by atoms with Crippen molar-refractivity contribution in [1.82, 2.24) is 0 Å². The van der Waals surface area contributed by atoms with E-state index in [9.17, 15) is 4.39 Å². The molecule has 0 saturated carbocycles. The molecular weight excluding hydrogens is 364 g/mol. The second-order valence-electron chi connectivity index (χ2n) is 4.71. The monoisotopic (exact) mass is 377 g/mol. The number of fused-ring (bicyclic) bond motifs is 1. The summed E-state index contributed by atoms with van der Waals surface area (Å²) in [5.41, 5.74) is 8.42. The van der Waals surface area contributed by atoms with E-state index in [0.717, 1.165) is 25.5 Å². The van der Waals surface area contributed by atoms with Crippen molar-refractivity contribution in [1.29, 1.82) is 0 Å². The van der Waals surface area contributed by atoms with Crippen molar-refractivity contribution in [2.24, 2.45) is 5.73 Å². The zero-order valence-electron chi connectivity index (χ0n) is 10.7. The molecule has 0 aromatic heterocycles. The number of rotatable bonds is 2. The highest BCUT2D eigenvalue weighted by Gasteiger charge is 2.15. The molecular formula is C17H13FIN. The Kier molecular flexibility index (Phi) is 3.72. The lowest BCUT2D eigenvalue weighted by Crippen LogP contribution is -2.14. The summed E-state index contributed by atoms with van der Waals surface area (Å²) >= 11 is 2.13. The van der Waals surface area contributed by atoms with E-state index in [2.05, 4.69) is 40.8 Å². The Bertz CT molecular complexity index is 765. The molecule has 1 unspecified atom stereocenters. The zero-order valence-corrected chi connectivity index (χ0v) is 12.8. The van der Waals surface area contributed by atoms with E-state index >= 15 is 0 Å². The van der Waals surface area contributed by atoms with Gasteiger partial charge in [0.25, 0.3) is 0 Å². The maximum Gasteiger partial charge on any atom is 0.124 e. The Labute approximate surface area is 130 Å². The maximum atomic E-state index is 13.2. The van der Waals surface area contributed by atoms with Crippen LogP contribution in [0.1, 0.15) is 17.2 Å². The lowest BCUT2D eigenvalue weighted by molar-refractivity contribution is 0.625. The topological polar surface area (TPSA) is 26.0 Å². The minimum atomic E-state index is -0.256. The summed E-state index contributed by atoms with van der Waals surface area (Å²) < 4.78 is 14.1. The molecule has 0 aliphatic rings. The summed E-state index contributed by atoms with van der Waals surface area (Å²) in [6, 6.07) is 18.8. The van der Waals surface area contributed by atoms with Crippen LogP contribution in [0.5, 0.6) is 0 Å². The summed E-state index contributed by atoms with van der Waals surface area (Å²) in [7, 11) is 0. The second-order valence-corrected chi connectivity index (χ2v) is 5.87. The largest absolute Gasteiger partial charge is 0.320 e. The fourth-order valence-electron chi connectivity index (χ4n) is 2.44. The number of nitrogens with two attached hydrogens (primary N) is 1. The third kappa shape index (κ3) is 2.43. The SMILES string of the molecule is NC(c1ccc(F)cc1I)c1cccc2ccccc12. The molecule has 0 aliphatic carbocycles. The summed E-state index contributed by atoms with van der Waals surface area (Å²) in [6.07, 6.45) is 0. The molecule has 20 heavy (non-hydrogen) atoms. The molecule has 3 heteroatoms. The first-order valence-electron chi connectivity index (χ1n) is 6.35. The molecule has 1 nitrogen and oxygen atoms in total. The summed E-state index contributed by atoms with van der Waals surface area (Å²) in [4.78, 5) is 0. The second kappa shape index (κ2) is 5.50. The van der Waals surface area contributed by atoms with E-state index in [1.165, 1.54) is 12.1 Å². The molecule has 3 rings (SSSR count). The predicted octanol–water partition coefficient (Wildman–Crippen LogP) is 4.63. The average molecular weight is 377 g/mol. The van der Waals surface area contributed by atoms with Crippen molar-refractivity contribution < 1.29 is 4.39 Å². The van der Waals surface area contributed by atoms with Gasteiger partial charge >= 0.3 is 0 Å². The van der Waals surface area contributed by atoms with E-state index in [-0.39, 0.29) is 11.9 Å². The van der Waals surface area contributed by atoms with Gasteiger partial charge in [-0.2, -0.15) is 0 Å². The quantitative estimate of drug-likeness (QED) is 0.648. The fourth-order valence-corrected chi connectivity index (χ4v) is 3.26. The zero-order chi connectivity index (χ0) is 14.1. The third-order valence-corrected chi connectivity index (χ3v) is 4.39. The predicted molar refractivity (Wildman–Crippen MR) is 89.1 cm³/mol. The molecule has 100 valence electrons. The van der Waals surface area contributed by atoms with Crippen LogP contribution in [0, 0.1) is 9.39 Å². The van der Waals surface area contributed by atoms with Gasteiger partial charge in [-0.15, -0.1) is 0 Å². The van der Waals surface area contributed by atoms with Crippen LogP contribution in [0.4, 0.5) is 4.39 Å². The average Bonchev–Trinajstić information content (AvgIpc) is 2.46. The van der Waals surface area contributed by atoms with E-state index in [0.29, 0.717) is 0 Å². The summed E-state index contributed by atoms with van der Waals surface area (Å²) in [5, 5.41) is 2.31. The molecule has 0 fully saturated rings. The number of benzene rings is 3. The Hall–Kier alpha value is -1.46. The highest BCUT2D eigenvalue weighted by molar-refractivity contribution is 14.1. The van der Waals surface area contributed by atoms with Crippen LogP contribution in [0.25, 0.3) is 10.8 Å². The first kappa shape index (κ1) is 13.5. The van der Waals surface area contributed by atoms with Gasteiger partial charge < -0.3 is 5.73 Å². The van der Waals surface area contributed by atoms with Gasteiger partial charge in [0.2, 0.25) is 0 Å². The van der Waals surface area contributed by atoms with Crippen LogP contribution in [-0.4, -0.2) is 0 Å². The summed E-state index contributed by atoms with van der Waals surface area (Å²) in [6.45, 7) is 0. The highest BCUT2D eigenvalue weighted by atomic mass is 127. The van der Waals surface area contributed by atoms with Gasteiger partial charge in [0.05, 0.1) is 6.04 Å². The summed E-state index contributed by atoms with van der Waals surface area (Å²) in [5.74, 6) is -0.233. The van der Waals surface area contributed by atoms with Gasteiger partial charge in [0.1, 0.15) is 5.82 Å². The Balaban J connectivity index is 2.15. The molecule has 0 bridgehead atoms. The van der Waals surface area contributed by atoms with Gasteiger partial charge in [0.15, 0.2) is 0 Å². The molecule has 2 N–H and O–H groups in total. The smallest absolute Gasteiger partial charge is 0.124 e. The third-order valence-electron chi connectivity index (χ3n) is 3.46. The molecule has 0 heterocycles. The van der Waals surface area contributed by atoms with Gasteiger partial charge in [-0.3, -0.25) is 0 Å². The lowest BCUT2D eigenvalue weighted by atomic mass is 9.94. The van der Waals surface area contributed by atoms with E-state index in [1.54, 1.807) is 6.07 Å². The minimum absolute atomic E-state index is 0.233. The van der Waals surface area contributed by atoms with E-state index < -0.39 is 0 Å². The molecule has 3 aromatic rings. The van der Waals surface area contributed by atoms with Crippen molar-refractivity contribution in [2.75, 3.05) is 0 Å². The van der Waals surface area contributed by atoms with Crippen LogP contribution >= 0.6 is 22.6 Å². The van der Waals surface area contributed by atoms with E-state index in [4.69, 9.17) is 5.73 Å². The first-order valence-corrected chi connectivity index (χ1v) is 7.43. The lowest BCUT2D eigenvalue weighted by Gasteiger charge is -2.17. The number of hydrogen-bond donors (Lipinski definition) is 1. The molecule has 0 aliphatic heterocycles. The molecule has 1 atom stereocenters. The Morgan fingerprint density at radius 1 is 0.900 bits per heavy atom. The number of hydrogen-bond acceptors (Lipinski definition) is 1. The minimum Gasteiger partial charge on any atom is -0.320 e. The van der Waals surface area contributed by atoms with E-state index in [1.807, 2.05) is 24.3 Å². The molecule has 0 amide bonds. The first-order chi connectivity index (χ1) is 9.66. The van der Waals surface area contributed by atoms with Crippen LogP contribution in [0.3, 0.4) is 0 Å². The molecule has 0 saturated heterocycles. The van der Waals surface area contributed by atoms with Gasteiger partial charge in [-0.1, -0.05) is 48.5 Å². The van der Waals surface area contributed by atoms with Crippen molar-refractivity contribution in [2.45, 2.75) is 6.04 Å². The van der Waals surface area contributed by atoms with Gasteiger partial charge in [-0.05, 0) is 56.6 Å². The Morgan fingerprint density at radius 3 is 2.45 bits per heavy atom. The van der Waals surface area contributed by atoms with Gasteiger partial charge in [-0.25, -0.2) is 4.39 Å². The molecule has 3 aromatic carbocycles. The molecule has 0 radical (unpaired) electrons.